The first-order valence-corrected chi connectivity index (χ1v) is 8.32. The molecule has 0 aromatic carbocycles. The fraction of sp³-hybridized carbons (Fsp3) is 1.00. The van der Waals surface area contributed by atoms with Crippen LogP contribution < -0.4 is 10.5 Å². The molecule has 1 aliphatic heterocycles. The summed E-state index contributed by atoms with van der Waals surface area (Å²) in [7, 11) is -3.35. The minimum atomic E-state index is -3.35. The topological polar surface area (TPSA) is 72.2 Å². The third-order valence-electron chi connectivity index (χ3n) is 4.42. The predicted octanol–water partition coefficient (Wildman–Crippen LogP) is 1.22. The summed E-state index contributed by atoms with van der Waals surface area (Å²) in [5, 5.41) is 8.22. The molecule has 17 heavy (non-hydrogen) atoms. The van der Waals surface area contributed by atoms with Gasteiger partial charge in [0.15, 0.2) is 0 Å². The second-order valence-electron chi connectivity index (χ2n) is 5.83. The van der Waals surface area contributed by atoms with Gasteiger partial charge < -0.3 is 5.32 Å². The van der Waals surface area contributed by atoms with Gasteiger partial charge in [-0.15, -0.1) is 0 Å². The molecule has 1 saturated carbocycles. The first-order valence-electron chi connectivity index (χ1n) is 6.72. The van der Waals surface area contributed by atoms with Gasteiger partial charge in [-0.1, -0.05) is 19.8 Å². The number of nitrogens with two attached hydrogens (primary N) is 1. The molecule has 0 amide bonds. The number of primary sulfonamides is 1. The Morgan fingerprint density at radius 1 is 1.18 bits per heavy atom. The van der Waals surface area contributed by atoms with Crippen molar-refractivity contribution in [1.29, 1.82) is 0 Å². The molecule has 0 radical (unpaired) electrons. The highest BCUT2D eigenvalue weighted by Gasteiger charge is 2.33. The minimum absolute atomic E-state index is 0.375. The SMILES string of the molecule is CC1CCCC(C2CCC(S(N)(=O)=O)CN2)C1. The van der Waals surface area contributed by atoms with E-state index in [0.29, 0.717) is 12.6 Å². The maximum absolute atomic E-state index is 11.3. The molecule has 1 aliphatic carbocycles. The van der Waals surface area contributed by atoms with Gasteiger partial charge in [-0.3, -0.25) is 0 Å². The number of rotatable bonds is 2. The third-order valence-corrected chi connectivity index (χ3v) is 5.75. The van der Waals surface area contributed by atoms with E-state index in [1.54, 1.807) is 0 Å². The van der Waals surface area contributed by atoms with Gasteiger partial charge >= 0.3 is 0 Å². The van der Waals surface area contributed by atoms with E-state index in [0.717, 1.165) is 24.7 Å². The molecule has 1 saturated heterocycles. The summed E-state index contributed by atoms with van der Waals surface area (Å²) in [6.07, 6.45) is 6.94. The third kappa shape index (κ3) is 3.42. The number of sulfonamides is 1. The lowest BCUT2D eigenvalue weighted by molar-refractivity contribution is 0.199. The summed E-state index contributed by atoms with van der Waals surface area (Å²) < 4.78 is 22.5. The zero-order valence-electron chi connectivity index (χ0n) is 10.6. The van der Waals surface area contributed by atoms with E-state index < -0.39 is 10.0 Å². The fourth-order valence-corrected chi connectivity index (χ4v) is 4.17. The molecule has 0 spiro atoms. The standard InChI is InChI=1S/C12H24N2O2S/c1-9-3-2-4-10(7-9)12-6-5-11(8-14-12)17(13,15)16/h9-12,14H,2-8H2,1H3,(H2,13,15,16). The monoisotopic (exact) mass is 260 g/mol. The summed E-state index contributed by atoms with van der Waals surface area (Å²) in [5.41, 5.74) is 0. The van der Waals surface area contributed by atoms with Crippen LogP contribution in [0.4, 0.5) is 0 Å². The summed E-state index contributed by atoms with van der Waals surface area (Å²) in [6.45, 7) is 2.86. The molecule has 100 valence electrons. The van der Waals surface area contributed by atoms with Gasteiger partial charge in [0, 0.05) is 12.6 Å². The maximum atomic E-state index is 11.3. The molecule has 2 rings (SSSR count). The van der Waals surface area contributed by atoms with Crippen molar-refractivity contribution in [3.05, 3.63) is 0 Å². The van der Waals surface area contributed by atoms with Crippen LogP contribution in [-0.2, 0) is 10.0 Å². The van der Waals surface area contributed by atoms with Gasteiger partial charge in [0.25, 0.3) is 0 Å². The van der Waals surface area contributed by atoms with Crippen LogP contribution in [0, 0.1) is 11.8 Å². The molecule has 0 aromatic rings. The zero-order chi connectivity index (χ0) is 12.5. The molecule has 5 heteroatoms. The highest BCUT2D eigenvalue weighted by Crippen LogP contribution is 2.33. The highest BCUT2D eigenvalue weighted by molar-refractivity contribution is 7.89. The van der Waals surface area contributed by atoms with Crippen LogP contribution >= 0.6 is 0 Å². The lowest BCUT2D eigenvalue weighted by Crippen LogP contribution is -2.50. The Morgan fingerprint density at radius 2 is 1.94 bits per heavy atom. The van der Waals surface area contributed by atoms with Gasteiger partial charge in [0.2, 0.25) is 10.0 Å². The Labute approximate surface area is 104 Å². The molecule has 2 aliphatic rings. The van der Waals surface area contributed by atoms with Gasteiger partial charge in [-0.05, 0) is 37.5 Å². The Bertz CT molecular complexity index is 348. The van der Waals surface area contributed by atoms with Crippen LogP contribution in [0.15, 0.2) is 0 Å². The summed E-state index contributed by atoms with van der Waals surface area (Å²) in [4.78, 5) is 0. The first kappa shape index (κ1) is 13.3. The Hall–Kier alpha value is -0.130. The van der Waals surface area contributed by atoms with E-state index in [-0.39, 0.29) is 5.25 Å². The average Bonchev–Trinajstić information content (AvgIpc) is 2.28. The number of piperidine rings is 1. The van der Waals surface area contributed by atoms with Crippen LogP contribution in [0.1, 0.15) is 45.4 Å². The number of nitrogens with one attached hydrogen (secondary N) is 1. The predicted molar refractivity (Wildman–Crippen MR) is 69.0 cm³/mol. The van der Waals surface area contributed by atoms with E-state index in [1.807, 2.05) is 0 Å². The molecule has 0 bridgehead atoms. The van der Waals surface area contributed by atoms with E-state index in [9.17, 15) is 8.42 Å². The first-order chi connectivity index (χ1) is 7.97. The highest BCUT2D eigenvalue weighted by atomic mass is 32.2. The van der Waals surface area contributed by atoms with Crippen LogP contribution in [-0.4, -0.2) is 26.3 Å². The van der Waals surface area contributed by atoms with Crippen molar-refractivity contribution < 1.29 is 8.42 Å². The average molecular weight is 260 g/mol. The minimum Gasteiger partial charge on any atom is -0.312 e. The molecule has 4 unspecified atom stereocenters. The van der Waals surface area contributed by atoms with Crippen LogP contribution in [0.3, 0.4) is 0 Å². The van der Waals surface area contributed by atoms with Crippen molar-refractivity contribution >= 4 is 10.0 Å². The molecule has 4 nitrogen and oxygen atoms in total. The van der Waals surface area contributed by atoms with E-state index in [4.69, 9.17) is 5.14 Å². The second kappa shape index (κ2) is 5.24. The van der Waals surface area contributed by atoms with Gasteiger partial charge in [0.05, 0.1) is 5.25 Å². The van der Waals surface area contributed by atoms with Crippen molar-refractivity contribution in [3.8, 4) is 0 Å². The Morgan fingerprint density at radius 3 is 2.47 bits per heavy atom. The molecular weight excluding hydrogens is 236 g/mol. The maximum Gasteiger partial charge on any atom is 0.213 e. The smallest absolute Gasteiger partial charge is 0.213 e. The molecule has 2 fully saturated rings. The molecule has 1 heterocycles. The van der Waals surface area contributed by atoms with Gasteiger partial charge in [-0.25, -0.2) is 13.6 Å². The van der Waals surface area contributed by atoms with E-state index >= 15 is 0 Å². The van der Waals surface area contributed by atoms with Crippen LogP contribution in [0.25, 0.3) is 0 Å². The largest absolute Gasteiger partial charge is 0.312 e. The van der Waals surface area contributed by atoms with Crippen molar-refractivity contribution in [3.63, 3.8) is 0 Å². The van der Waals surface area contributed by atoms with Crippen molar-refractivity contribution in [2.45, 2.75) is 56.7 Å². The number of hydrogen-bond donors (Lipinski definition) is 2. The van der Waals surface area contributed by atoms with E-state index in [1.165, 1.54) is 25.7 Å². The quantitative estimate of drug-likeness (QED) is 0.784. The second-order valence-corrected chi connectivity index (χ2v) is 7.68. The molecule has 4 atom stereocenters. The summed E-state index contributed by atoms with van der Waals surface area (Å²) in [6, 6.07) is 0.510. The fourth-order valence-electron chi connectivity index (χ4n) is 3.38. The van der Waals surface area contributed by atoms with Crippen LogP contribution in [0.2, 0.25) is 0 Å². The zero-order valence-corrected chi connectivity index (χ0v) is 11.4. The van der Waals surface area contributed by atoms with Gasteiger partial charge in [0.1, 0.15) is 0 Å². The number of hydrogen-bond acceptors (Lipinski definition) is 3. The van der Waals surface area contributed by atoms with Crippen LogP contribution in [0.5, 0.6) is 0 Å². The van der Waals surface area contributed by atoms with Crippen molar-refractivity contribution in [2.24, 2.45) is 17.0 Å². The van der Waals surface area contributed by atoms with E-state index in [2.05, 4.69) is 12.2 Å². The molecular formula is C12H24N2O2S. The summed E-state index contributed by atoms with van der Waals surface area (Å²) in [5.74, 6) is 1.56. The Balaban J connectivity index is 1.86. The normalized spacial score (nSPS) is 40.1. The van der Waals surface area contributed by atoms with Crippen molar-refractivity contribution in [1.82, 2.24) is 5.32 Å². The molecule has 0 aromatic heterocycles. The Kier molecular flexibility index (Phi) is 4.10. The molecule has 3 N–H and O–H groups in total. The lowest BCUT2D eigenvalue weighted by atomic mass is 9.76. The lowest BCUT2D eigenvalue weighted by Gasteiger charge is -2.37. The summed E-state index contributed by atoms with van der Waals surface area (Å²) >= 11 is 0. The van der Waals surface area contributed by atoms with Gasteiger partial charge in [-0.2, -0.15) is 0 Å². The van der Waals surface area contributed by atoms with Crippen molar-refractivity contribution in [2.75, 3.05) is 6.54 Å².